The fourth-order valence-corrected chi connectivity index (χ4v) is 4.04. The van der Waals surface area contributed by atoms with E-state index in [0.29, 0.717) is 27.9 Å². The fourth-order valence-electron chi connectivity index (χ4n) is 3.58. The van der Waals surface area contributed by atoms with E-state index in [1.165, 1.54) is 11.0 Å². The van der Waals surface area contributed by atoms with Gasteiger partial charge in [-0.05, 0) is 61.5 Å². The first-order valence-electron chi connectivity index (χ1n) is 10.8. The van der Waals surface area contributed by atoms with Crippen LogP contribution in [0.1, 0.15) is 12.0 Å². The van der Waals surface area contributed by atoms with E-state index < -0.39 is 24.4 Å². The summed E-state index contributed by atoms with van der Waals surface area (Å²) in [4.78, 5) is 38.6. The first kappa shape index (κ1) is 24.6. The number of benzene rings is 3. The van der Waals surface area contributed by atoms with Gasteiger partial charge in [-0.25, -0.2) is 0 Å². The maximum absolute atomic E-state index is 12.5. The molecule has 1 saturated heterocycles. The van der Waals surface area contributed by atoms with Crippen LogP contribution >= 0.6 is 23.2 Å². The molecule has 180 valence electrons. The Balaban J connectivity index is 1.29. The largest absolute Gasteiger partial charge is 0.457 e. The molecule has 1 aliphatic rings. The molecule has 4 rings (SSSR count). The highest BCUT2D eigenvalue weighted by Gasteiger charge is 2.36. The predicted molar refractivity (Wildman–Crippen MR) is 134 cm³/mol. The van der Waals surface area contributed by atoms with E-state index in [-0.39, 0.29) is 23.9 Å². The number of nitrogens with zero attached hydrogens (tertiary/aromatic N) is 1. The van der Waals surface area contributed by atoms with E-state index >= 15 is 0 Å². The summed E-state index contributed by atoms with van der Waals surface area (Å²) < 4.78 is 10.9. The van der Waals surface area contributed by atoms with Gasteiger partial charge in [-0.2, -0.15) is 0 Å². The van der Waals surface area contributed by atoms with Gasteiger partial charge in [-0.1, -0.05) is 40.9 Å². The normalized spacial score (nSPS) is 15.1. The lowest BCUT2D eigenvalue weighted by Crippen LogP contribution is -2.28. The van der Waals surface area contributed by atoms with Crippen LogP contribution in [0.15, 0.2) is 66.7 Å². The summed E-state index contributed by atoms with van der Waals surface area (Å²) in [5.74, 6) is -0.683. The Morgan fingerprint density at radius 2 is 1.66 bits per heavy atom. The van der Waals surface area contributed by atoms with E-state index in [9.17, 15) is 14.4 Å². The van der Waals surface area contributed by atoms with E-state index in [2.05, 4.69) is 5.32 Å². The lowest BCUT2D eigenvalue weighted by molar-refractivity contribution is -0.151. The molecule has 1 atom stereocenters. The Kier molecular flexibility index (Phi) is 7.58. The number of esters is 1. The molecule has 2 amide bonds. The second-order valence-electron chi connectivity index (χ2n) is 8.09. The second kappa shape index (κ2) is 10.8. The van der Waals surface area contributed by atoms with Crippen molar-refractivity contribution in [3.8, 4) is 11.5 Å². The Morgan fingerprint density at radius 3 is 2.31 bits per heavy atom. The van der Waals surface area contributed by atoms with Crippen molar-refractivity contribution in [2.45, 2.75) is 13.3 Å². The summed E-state index contributed by atoms with van der Waals surface area (Å²) in [6, 6.07) is 19.4. The molecule has 0 saturated carbocycles. The molecule has 3 aromatic carbocycles. The lowest BCUT2D eigenvalue weighted by Gasteiger charge is -2.17. The molecule has 7 nitrogen and oxygen atoms in total. The van der Waals surface area contributed by atoms with E-state index in [4.69, 9.17) is 32.7 Å². The SMILES string of the molecule is Cc1ccc(Oc2ccc(N3C[C@@H](C(=O)OCC(=O)Nc4ccc(Cl)cc4Cl)CC3=O)cc2)cc1. The van der Waals surface area contributed by atoms with Crippen molar-refractivity contribution >= 4 is 52.4 Å². The molecule has 3 aromatic rings. The zero-order valence-corrected chi connectivity index (χ0v) is 20.3. The number of carbonyl (C=O) groups excluding carboxylic acids is 3. The summed E-state index contributed by atoms with van der Waals surface area (Å²) in [5, 5.41) is 3.26. The van der Waals surface area contributed by atoms with Crippen molar-refractivity contribution in [3.63, 3.8) is 0 Å². The van der Waals surface area contributed by atoms with Gasteiger partial charge in [0.2, 0.25) is 5.91 Å². The number of halogens is 2. The van der Waals surface area contributed by atoms with E-state index in [0.717, 1.165) is 5.56 Å². The van der Waals surface area contributed by atoms with Gasteiger partial charge in [0.15, 0.2) is 6.61 Å². The molecule has 0 spiro atoms. The molecule has 0 unspecified atom stereocenters. The minimum Gasteiger partial charge on any atom is -0.457 e. The van der Waals surface area contributed by atoms with Crippen molar-refractivity contribution in [3.05, 3.63) is 82.3 Å². The minimum absolute atomic E-state index is 0.00504. The number of hydrogen-bond acceptors (Lipinski definition) is 5. The molecule has 9 heteroatoms. The Labute approximate surface area is 212 Å². The zero-order valence-electron chi connectivity index (χ0n) is 18.8. The average molecular weight is 513 g/mol. The van der Waals surface area contributed by atoms with Crippen LogP contribution in [-0.4, -0.2) is 30.9 Å². The molecule has 35 heavy (non-hydrogen) atoms. The molecule has 0 aliphatic carbocycles. The molecule has 1 N–H and O–H groups in total. The van der Waals surface area contributed by atoms with E-state index in [1.807, 2.05) is 31.2 Å². The van der Waals surface area contributed by atoms with Crippen LogP contribution in [0.3, 0.4) is 0 Å². The number of nitrogens with one attached hydrogen (secondary N) is 1. The van der Waals surface area contributed by atoms with Crippen LogP contribution in [-0.2, 0) is 19.1 Å². The average Bonchev–Trinajstić information content (AvgIpc) is 3.23. The van der Waals surface area contributed by atoms with Crippen LogP contribution in [0.5, 0.6) is 11.5 Å². The Hall–Kier alpha value is -3.55. The first-order chi connectivity index (χ1) is 16.8. The van der Waals surface area contributed by atoms with Crippen LogP contribution in [0.2, 0.25) is 10.0 Å². The van der Waals surface area contributed by atoms with Crippen molar-refractivity contribution < 1.29 is 23.9 Å². The topological polar surface area (TPSA) is 84.9 Å². The Morgan fingerprint density at radius 1 is 1.00 bits per heavy atom. The third-order valence-corrected chi connectivity index (χ3v) is 5.96. The maximum atomic E-state index is 12.5. The van der Waals surface area contributed by atoms with Crippen molar-refractivity contribution in [1.82, 2.24) is 0 Å². The fraction of sp³-hybridized carbons (Fsp3) is 0.192. The van der Waals surface area contributed by atoms with Crippen molar-refractivity contribution in [2.75, 3.05) is 23.4 Å². The second-order valence-corrected chi connectivity index (χ2v) is 8.94. The third kappa shape index (κ3) is 6.32. The monoisotopic (exact) mass is 512 g/mol. The lowest BCUT2D eigenvalue weighted by atomic mass is 10.1. The van der Waals surface area contributed by atoms with Crippen molar-refractivity contribution in [1.29, 1.82) is 0 Å². The van der Waals surface area contributed by atoms with Gasteiger partial charge in [0.25, 0.3) is 5.91 Å². The molecule has 1 aliphatic heterocycles. The highest BCUT2D eigenvalue weighted by molar-refractivity contribution is 6.36. The molecule has 1 fully saturated rings. The zero-order chi connectivity index (χ0) is 24.9. The quantitative estimate of drug-likeness (QED) is 0.414. The Bertz CT molecular complexity index is 1250. The summed E-state index contributed by atoms with van der Waals surface area (Å²) in [6.45, 7) is 1.68. The number of carbonyl (C=O) groups is 3. The number of amides is 2. The first-order valence-corrected chi connectivity index (χ1v) is 11.6. The van der Waals surface area contributed by atoms with Crippen LogP contribution in [0.25, 0.3) is 0 Å². The molecule has 0 aromatic heterocycles. The van der Waals surface area contributed by atoms with Gasteiger partial charge < -0.3 is 19.7 Å². The molecule has 1 heterocycles. The van der Waals surface area contributed by atoms with Gasteiger partial charge >= 0.3 is 5.97 Å². The van der Waals surface area contributed by atoms with Crippen molar-refractivity contribution in [2.24, 2.45) is 5.92 Å². The predicted octanol–water partition coefficient (Wildman–Crippen LogP) is 5.63. The van der Waals surface area contributed by atoms with Crippen LogP contribution < -0.4 is 15.0 Å². The van der Waals surface area contributed by atoms with Gasteiger partial charge in [-0.3, -0.25) is 14.4 Å². The summed E-state index contributed by atoms with van der Waals surface area (Å²) in [7, 11) is 0. The molecular formula is C26H22Cl2N2O5. The number of ether oxygens (including phenoxy) is 2. The highest BCUT2D eigenvalue weighted by atomic mass is 35.5. The molecule has 0 bridgehead atoms. The number of hydrogen-bond donors (Lipinski definition) is 1. The summed E-state index contributed by atoms with van der Waals surface area (Å²) in [5.41, 5.74) is 2.14. The summed E-state index contributed by atoms with van der Waals surface area (Å²) >= 11 is 11.9. The number of rotatable bonds is 7. The highest BCUT2D eigenvalue weighted by Crippen LogP contribution is 2.29. The number of aryl methyl sites for hydroxylation is 1. The smallest absolute Gasteiger partial charge is 0.311 e. The summed E-state index contributed by atoms with van der Waals surface area (Å²) in [6.07, 6.45) is 0.00504. The third-order valence-electron chi connectivity index (χ3n) is 5.41. The minimum atomic E-state index is -0.669. The van der Waals surface area contributed by atoms with Crippen LogP contribution in [0, 0.1) is 12.8 Å². The maximum Gasteiger partial charge on any atom is 0.311 e. The van der Waals surface area contributed by atoms with E-state index in [1.54, 1.807) is 36.4 Å². The number of anilines is 2. The van der Waals surface area contributed by atoms with Gasteiger partial charge in [0.05, 0.1) is 16.6 Å². The molecular weight excluding hydrogens is 491 g/mol. The van der Waals surface area contributed by atoms with Gasteiger partial charge in [-0.15, -0.1) is 0 Å². The van der Waals surface area contributed by atoms with Gasteiger partial charge in [0.1, 0.15) is 11.5 Å². The molecule has 0 radical (unpaired) electrons. The standard InChI is InChI=1S/C26H22Cl2N2O5/c1-16-2-7-20(8-3-16)35-21-9-5-19(6-10-21)30-14-17(12-25(30)32)26(33)34-15-24(31)29-23-11-4-18(27)13-22(23)28/h2-11,13,17H,12,14-15H2,1H3,(H,29,31)/t17-/m0/s1. The van der Waals surface area contributed by atoms with Crippen LogP contribution in [0.4, 0.5) is 11.4 Å². The van der Waals surface area contributed by atoms with Gasteiger partial charge in [0, 0.05) is 23.7 Å².